The lowest BCUT2D eigenvalue weighted by atomic mass is 9.53. The topological polar surface area (TPSA) is 374 Å². The monoisotopic (exact) mass is 1980 g/mol. The molecule has 0 radical (unpaired) electrons. The van der Waals surface area contributed by atoms with Crippen molar-refractivity contribution >= 4 is 63.7 Å². The first kappa shape index (κ1) is 101. The van der Waals surface area contributed by atoms with Gasteiger partial charge < -0.3 is 93.7 Å². The number of halogens is 1. The summed E-state index contributed by atoms with van der Waals surface area (Å²) in [5.74, 6) is -0.412. The predicted molar refractivity (Wildman–Crippen MR) is 535 cm³/mol. The number of rotatable bonds is 21. The van der Waals surface area contributed by atoms with E-state index in [9.17, 15) is 69.0 Å². The van der Waals surface area contributed by atoms with Crippen LogP contribution in [-0.4, -0.2) is 217 Å². The second-order valence-corrected chi connectivity index (χ2v) is 40.7. The molecule has 6 aliphatic heterocycles. The number of nitrogens with zero attached hydrogens (tertiary/aromatic N) is 3. The lowest BCUT2D eigenvalue weighted by molar-refractivity contribution is -0.168. The molecule has 10 aromatic carbocycles. The van der Waals surface area contributed by atoms with Crippen LogP contribution >= 0.6 is 15.9 Å². The highest BCUT2D eigenvalue weighted by Gasteiger charge is 2.63. The number of carbonyl (C=O) groups is 8. The van der Waals surface area contributed by atoms with Gasteiger partial charge in [0.2, 0.25) is 0 Å². The number of benzene rings is 10. The zero-order valence-corrected chi connectivity index (χ0v) is 82.4. The molecule has 740 valence electrons. The molecule has 141 heavy (non-hydrogen) atoms. The Kier molecular flexibility index (Phi) is 30.1. The third-order valence-corrected chi connectivity index (χ3v) is 31.6. The fourth-order valence-corrected chi connectivity index (χ4v) is 22.9. The first-order valence-electron chi connectivity index (χ1n) is 48.3. The number of aliphatic hydroxyl groups is 2. The summed E-state index contributed by atoms with van der Waals surface area (Å²) in [7, 11) is 7.87. The summed E-state index contributed by atoms with van der Waals surface area (Å²) in [5.41, 5.74) is 11.2. The quantitative estimate of drug-likeness (QED) is 0.0331. The highest BCUT2D eigenvalue weighted by molar-refractivity contribution is 9.10. The molecule has 8 N–H and O–H groups in total. The van der Waals surface area contributed by atoms with Gasteiger partial charge in [-0.15, -0.1) is 0 Å². The summed E-state index contributed by atoms with van der Waals surface area (Å²) in [6.45, 7) is 13.1. The van der Waals surface area contributed by atoms with Crippen LogP contribution in [0, 0.1) is 21.7 Å². The van der Waals surface area contributed by atoms with E-state index in [-0.39, 0.29) is 79.6 Å². The van der Waals surface area contributed by atoms with Crippen LogP contribution < -0.4 is 29.0 Å². The van der Waals surface area contributed by atoms with Gasteiger partial charge in [-0.2, -0.15) is 0 Å². The minimum Gasteiger partial charge on any atom is -0.496 e. The minimum absolute atomic E-state index is 0.0462. The van der Waals surface area contributed by atoms with Gasteiger partial charge in [0.1, 0.15) is 46.6 Å². The van der Waals surface area contributed by atoms with Crippen molar-refractivity contribution in [3.05, 3.63) is 267 Å². The molecule has 0 bridgehead atoms. The second-order valence-electron chi connectivity index (χ2n) is 39.8. The number of carboxylic acids is 5. The molecule has 3 amide bonds. The van der Waals surface area contributed by atoms with Gasteiger partial charge >= 0.3 is 35.9 Å². The molecule has 4 unspecified atom stereocenters. The number of hydrogen-bond donors (Lipinski definition) is 8. The fraction of sp³-hybridized carbons (Fsp3) is 0.398. The van der Waals surface area contributed by atoms with E-state index in [1.165, 1.54) is 29.3 Å². The Hall–Kier alpha value is -13.0. The van der Waals surface area contributed by atoms with Crippen molar-refractivity contribution in [3.8, 4) is 84.4 Å². The first-order chi connectivity index (χ1) is 67.6. The molecule has 10 atom stereocenters. The molecule has 10 aliphatic rings. The average Bonchev–Trinajstić information content (AvgIpc) is 1.63. The van der Waals surface area contributed by atoms with Crippen molar-refractivity contribution in [1.29, 1.82) is 0 Å². The van der Waals surface area contributed by atoms with Gasteiger partial charge in [0.15, 0.2) is 0 Å². The third-order valence-electron chi connectivity index (χ3n) is 31.1. The van der Waals surface area contributed by atoms with Crippen molar-refractivity contribution in [2.75, 3.05) is 101 Å². The Morgan fingerprint density at radius 3 is 0.957 bits per heavy atom. The molecule has 20 rings (SSSR count). The summed E-state index contributed by atoms with van der Waals surface area (Å²) < 4.78 is 44.7. The van der Waals surface area contributed by atoms with Crippen molar-refractivity contribution < 1.29 is 112 Å². The lowest BCUT2D eigenvalue weighted by Gasteiger charge is -2.54. The summed E-state index contributed by atoms with van der Waals surface area (Å²) in [4.78, 5) is 100. The van der Waals surface area contributed by atoms with Gasteiger partial charge in [0, 0.05) is 102 Å². The number of amides is 3. The molecule has 6 heterocycles. The summed E-state index contributed by atoms with van der Waals surface area (Å²) in [6, 6.07) is 64.0. The van der Waals surface area contributed by atoms with Crippen LogP contribution in [0.1, 0.15) is 209 Å². The van der Waals surface area contributed by atoms with Crippen molar-refractivity contribution in [3.63, 3.8) is 0 Å². The maximum atomic E-state index is 12.8. The van der Waals surface area contributed by atoms with E-state index in [1.54, 1.807) is 113 Å². The van der Waals surface area contributed by atoms with Gasteiger partial charge in [-0.1, -0.05) is 125 Å². The Balaban J connectivity index is 0.000000129. The standard InChI is InChI=1S/C26H31NO6.2C26H29NO5.C21H23NO4.C14H11BrO3/c1-24(2,3)33-23(30)27-14-13-25(16-27)11-12-26(25,31)19-8-5-17(6-9-19)20-15-18(22(28)29)7-10-21(20)32-4;2*1-31-22-9-8-19(25(29)30)15-20(22)17-4-6-18(7-5-17)21-10-11-26(21)12-13-27(16-26)24(28)23-3-2-14-32-23;1-26-18-7-4-15(19(23)24)12-17(18)14-2-5-16(6-3-14)21(25)9-8-20(21)10-11-22-13-20;1-18-13-7-4-10(14(16)17)8-12(13)9-2-5-11(15)6-3-9/h5-10,15,31H,11-14,16H2,1-4H3,(H,28,29);2*4-9,15,21,23H,2-3,10-14,16H2,1H3,(H,29,30);2-7,12,22,25H,8-11,13H2,1H3,(H,23,24);2-8H,1H3,(H,16,17)/t;21-,23+,26-;21-,23-,26+;;/m.01../s1. The van der Waals surface area contributed by atoms with E-state index < -0.39 is 46.6 Å². The van der Waals surface area contributed by atoms with Gasteiger partial charge in [0.05, 0.1) is 74.6 Å². The second kappa shape index (κ2) is 42.1. The van der Waals surface area contributed by atoms with Gasteiger partial charge in [-0.25, -0.2) is 28.8 Å². The molecule has 4 saturated carbocycles. The van der Waals surface area contributed by atoms with E-state index in [0.717, 1.165) is 201 Å². The van der Waals surface area contributed by atoms with Crippen LogP contribution in [0.5, 0.6) is 28.7 Å². The number of likely N-dealkylation sites (tertiary alicyclic amines) is 3. The highest BCUT2D eigenvalue weighted by atomic mass is 79.9. The minimum atomic E-state index is -1.02. The number of carboxylic acid groups (broad SMARTS) is 5. The molecule has 10 fully saturated rings. The zero-order chi connectivity index (χ0) is 100. The zero-order valence-electron chi connectivity index (χ0n) is 80.8. The number of hydrogen-bond acceptors (Lipinski definition) is 19. The smallest absolute Gasteiger partial charge is 0.410 e. The number of carbonyl (C=O) groups excluding carboxylic acids is 3. The van der Waals surface area contributed by atoms with Crippen LogP contribution in [-0.2, 0) is 35.0 Å². The van der Waals surface area contributed by atoms with E-state index >= 15 is 0 Å². The number of aromatic carboxylic acids is 5. The van der Waals surface area contributed by atoms with E-state index in [0.29, 0.717) is 78.9 Å². The molecule has 0 aromatic heterocycles. The summed E-state index contributed by atoms with van der Waals surface area (Å²) in [6.07, 6.45) is 14.6. The fourth-order valence-electron chi connectivity index (χ4n) is 22.7. The van der Waals surface area contributed by atoms with Crippen LogP contribution in [0.4, 0.5) is 4.79 Å². The summed E-state index contributed by atoms with van der Waals surface area (Å²) >= 11 is 3.37. The Morgan fingerprint density at radius 1 is 0.369 bits per heavy atom. The van der Waals surface area contributed by atoms with Crippen molar-refractivity contribution in [1.82, 2.24) is 20.0 Å². The molecule has 4 aliphatic carbocycles. The molecule has 28 heteroatoms. The largest absolute Gasteiger partial charge is 0.496 e. The maximum absolute atomic E-state index is 12.8. The first-order valence-corrected chi connectivity index (χ1v) is 49.1. The molecule has 4 spiro atoms. The van der Waals surface area contributed by atoms with Gasteiger partial charge in [-0.05, 0) is 306 Å². The number of methoxy groups -OCH3 is 5. The van der Waals surface area contributed by atoms with Gasteiger partial charge in [0.25, 0.3) is 11.8 Å². The highest BCUT2D eigenvalue weighted by Crippen LogP contribution is 2.64. The van der Waals surface area contributed by atoms with Crippen LogP contribution in [0.15, 0.2) is 217 Å². The van der Waals surface area contributed by atoms with Gasteiger partial charge in [-0.3, -0.25) is 9.59 Å². The average molecular weight is 1990 g/mol. The van der Waals surface area contributed by atoms with Crippen LogP contribution in [0.2, 0.25) is 0 Å². The number of nitrogens with one attached hydrogen (secondary N) is 1. The Labute approximate surface area is 829 Å². The molecule has 27 nitrogen and oxygen atoms in total. The van der Waals surface area contributed by atoms with Crippen LogP contribution in [0.25, 0.3) is 55.6 Å². The molecular formula is C113H123BrN4O23. The van der Waals surface area contributed by atoms with E-state index in [1.807, 2.05) is 103 Å². The van der Waals surface area contributed by atoms with Crippen LogP contribution in [0.3, 0.4) is 0 Å². The maximum Gasteiger partial charge on any atom is 0.410 e. The molecule has 6 saturated heterocycles. The lowest BCUT2D eigenvalue weighted by Crippen LogP contribution is -2.56. The summed E-state index contributed by atoms with van der Waals surface area (Å²) in [5, 5.41) is 72.6. The molecule has 10 aromatic rings. The SMILES string of the molecule is COc1ccc(C(=O)O)cc1-c1ccc(Br)cc1.COc1ccc(C(=O)O)cc1-c1ccc(C2(O)CCC23CCN(C(=O)OC(C)(C)C)C3)cc1.COc1ccc(C(=O)O)cc1-c1ccc(C2(O)CCC23CCNC3)cc1.COc1ccc(C(=O)O)cc1-c1ccc([C@@H]2CC[C@@]23CCN(C(=O)[C@H]2CCCO2)C3)cc1.COc1ccc(C(=O)O)cc1-c1ccc([C@H]2CC[C@@]23CCN(C(=O)[C@H]2CCCO2)C3)cc1. The normalized spacial score (nSPS) is 24.2. The number of ether oxygens (including phenoxy) is 8. The predicted octanol–water partition coefficient (Wildman–Crippen LogP) is 20.2. The van der Waals surface area contributed by atoms with Crippen molar-refractivity contribution in [2.45, 2.75) is 164 Å². The molecular weight excluding hydrogens is 1860 g/mol. The Bertz CT molecular complexity index is 6120. The van der Waals surface area contributed by atoms with E-state index in [4.69, 9.17) is 43.0 Å². The van der Waals surface area contributed by atoms with E-state index in [2.05, 4.69) is 69.8 Å². The third kappa shape index (κ3) is 20.8. The Morgan fingerprint density at radius 2 is 0.688 bits per heavy atom. The van der Waals surface area contributed by atoms with Crippen molar-refractivity contribution in [2.24, 2.45) is 21.7 Å².